The Morgan fingerprint density at radius 2 is 2.12 bits per heavy atom. The Hall–Kier alpha value is -2.30. The monoisotopic (exact) mass is 230 g/mol. The third kappa shape index (κ3) is 2.63. The summed E-state index contributed by atoms with van der Waals surface area (Å²) in [6, 6.07) is 6.89. The summed E-state index contributed by atoms with van der Waals surface area (Å²) in [5, 5.41) is 6.56. The van der Waals surface area contributed by atoms with Gasteiger partial charge < -0.3 is 10.6 Å². The predicted octanol–water partition coefficient (Wildman–Crippen LogP) is 1.26. The quantitative estimate of drug-likeness (QED) is 0.779. The van der Waals surface area contributed by atoms with Crippen LogP contribution in [0.4, 0.5) is 5.69 Å². The summed E-state index contributed by atoms with van der Waals surface area (Å²) in [5.41, 5.74) is 7.83. The molecule has 0 radical (unpaired) electrons. The molecule has 88 valence electrons. The summed E-state index contributed by atoms with van der Waals surface area (Å²) in [7, 11) is 1.76. The van der Waals surface area contributed by atoms with E-state index in [1.54, 1.807) is 48.6 Å². The van der Waals surface area contributed by atoms with Crippen molar-refractivity contribution in [3.63, 3.8) is 0 Å². The molecule has 3 N–H and O–H groups in total. The van der Waals surface area contributed by atoms with Gasteiger partial charge in [0.15, 0.2) is 0 Å². The summed E-state index contributed by atoms with van der Waals surface area (Å²) >= 11 is 0. The topological polar surface area (TPSA) is 75.0 Å². The molecule has 0 aliphatic rings. The van der Waals surface area contributed by atoms with Gasteiger partial charge in [-0.15, -0.1) is 0 Å². The molecule has 5 heteroatoms. The minimum absolute atomic E-state index is 0.0359. The van der Waals surface area contributed by atoms with Gasteiger partial charge in [0.05, 0.1) is 6.20 Å². The van der Waals surface area contributed by atoms with Crippen molar-refractivity contribution in [2.24, 2.45) is 0 Å². The van der Waals surface area contributed by atoms with Crippen LogP contribution in [0.1, 0.15) is 15.9 Å². The number of benzene rings is 1. The van der Waals surface area contributed by atoms with E-state index in [1.807, 2.05) is 0 Å². The van der Waals surface area contributed by atoms with Crippen LogP contribution >= 0.6 is 0 Å². The number of nitrogens with zero attached hydrogens (tertiary/aromatic N) is 2. The Kier molecular flexibility index (Phi) is 3.09. The Morgan fingerprint density at radius 3 is 2.71 bits per heavy atom. The Labute approximate surface area is 99.2 Å². The lowest BCUT2D eigenvalue weighted by atomic mass is 10.2. The average molecular weight is 230 g/mol. The molecule has 1 amide bonds. The fraction of sp³-hybridized carbons (Fsp3) is 0.167. The van der Waals surface area contributed by atoms with Crippen molar-refractivity contribution in [1.29, 1.82) is 0 Å². The Bertz CT molecular complexity index is 490. The number of H-pyrrole nitrogens is 1. The number of amides is 1. The zero-order valence-electron chi connectivity index (χ0n) is 9.55. The van der Waals surface area contributed by atoms with Crippen LogP contribution in [0.15, 0.2) is 36.7 Å². The maximum Gasteiger partial charge on any atom is 0.253 e. The van der Waals surface area contributed by atoms with Gasteiger partial charge in [-0.3, -0.25) is 9.89 Å². The van der Waals surface area contributed by atoms with Gasteiger partial charge in [-0.25, -0.2) is 0 Å². The minimum Gasteiger partial charge on any atom is -0.399 e. The van der Waals surface area contributed by atoms with Crippen molar-refractivity contribution >= 4 is 11.6 Å². The molecule has 0 atom stereocenters. The van der Waals surface area contributed by atoms with E-state index >= 15 is 0 Å². The molecule has 0 bridgehead atoms. The summed E-state index contributed by atoms with van der Waals surface area (Å²) in [6.45, 7) is 0.527. The number of nitrogens with one attached hydrogen (secondary N) is 1. The average Bonchev–Trinajstić information content (AvgIpc) is 2.82. The summed E-state index contributed by atoms with van der Waals surface area (Å²) in [4.78, 5) is 13.7. The molecule has 0 fully saturated rings. The maximum absolute atomic E-state index is 12.0. The van der Waals surface area contributed by atoms with Crippen LogP contribution in [0.2, 0.25) is 0 Å². The molecular formula is C12H14N4O. The second kappa shape index (κ2) is 4.69. The molecule has 2 aromatic rings. The highest BCUT2D eigenvalue weighted by atomic mass is 16.2. The van der Waals surface area contributed by atoms with Gasteiger partial charge in [0, 0.05) is 36.6 Å². The summed E-state index contributed by atoms with van der Waals surface area (Å²) < 4.78 is 0. The number of carbonyl (C=O) groups excluding carboxylic acids is 1. The van der Waals surface area contributed by atoms with E-state index in [1.165, 1.54) is 0 Å². The lowest BCUT2D eigenvalue weighted by Gasteiger charge is -2.16. The van der Waals surface area contributed by atoms with Crippen molar-refractivity contribution in [3.05, 3.63) is 47.8 Å². The Balaban J connectivity index is 2.07. The molecule has 0 aliphatic carbocycles. The molecular weight excluding hydrogens is 216 g/mol. The second-order valence-electron chi connectivity index (χ2n) is 3.89. The van der Waals surface area contributed by atoms with E-state index in [0.717, 1.165) is 5.56 Å². The SMILES string of the molecule is CN(Cc1cn[nH]c1)C(=O)c1ccc(N)cc1. The zero-order valence-corrected chi connectivity index (χ0v) is 9.55. The molecule has 1 aromatic carbocycles. The zero-order chi connectivity index (χ0) is 12.3. The number of hydrogen-bond donors (Lipinski definition) is 2. The number of nitrogens with two attached hydrogens (primary N) is 1. The van der Waals surface area contributed by atoms with E-state index in [9.17, 15) is 4.79 Å². The van der Waals surface area contributed by atoms with E-state index in [-0.39, 0.29) is 5.91 Å². The number of hydrogen-bond acceptors (Lipinski definition) is 3. The van der Waals surface area contributed by atoms with Gasteiger partial charge in [-0.05, 0) is 24.3 Å². The van der Waals surface area contributed by atoms with Crippen LogP contribution < -0.4 is 5.73 Å². The fourth-order valence-corrected chi connectivity index (χ4v) is 1.56. The van der Waals surface area contributed by atoms with Crippen LogP contribution in [0.5, 0.6) is 0 Å². The highest BCUT2D eigenvalue weighted by Gasteiger charge is 2.11. The molecule has 5 nitrogen and oxygen atoms in total. The number of aromatic nitrogens is 2. The van der Waals surface area contributed by atoms with E-state index in [2.05, 4.69) is 10.2 Å². The summed E-state index contributed by atoms with van der Waals surface area (Å²) in [5.74, 6) is -0.0359. The largest absolute Gasteiger partial charge is 0.399 e. The number of aromatic amines is 1. The van der Waals surface area contributed by atoms with Gasteiger partial charge in [0.1, 0.15) is 0 Å². The molecule has 17 heavy (non-hydrogen) atoms. The third-order valence-electron chi connectivity index (χ3n) is 2.48. The molecule has 1 heterocycles. The predicted molar refractivity (Wildman–Crippen MR) is 65.2 cm³/mol. The first-order valence-electron chi connectivity index (χ1n) is 5.25. The van der Waals surface area contributed by atoms with Gasteiger partial charge >= 0.3 is 0 Å². The Morgan fingerprint density at radius 1 is 1.41 bits per heavy atom. The van der Waals surface area contributed by atoms with E-state index in [4.69, 9.17) is 5.73 Å². The fourth-order valence-electron chi connectivity index (χ4n) is 1.56. The molecule has 1 aromatic heterocycles. The lowest BCUT2D eigenvalue weighted by molar-refractivity contribution is 0.0785. The highest BCUT2D eigenvalue weighted by Crippen LogP contribution is 2.09. The smallest absolute Gasteiger partial charge is 0.253 e. The van der Waals surface area contributed by atoms with Crippen molar-refractivity contribution in [2.75, 3.05) is 12.8 Å². The normalized spacial score (nSPS) is 10.2. The van der Waals surface area contributed by atoms with Crippen molar-refractivity contribution in [3.8, 4) is 0 Å². The number of nitrogen functional groups attached to an aromatic ring is 1. The van der Waals surface area contributed by atoms with Crippen LogP contribution in [0.3, 0.4) is 0 Å². The van der Waals surface area contributed by atoms with Crippen molar-refractivity contribution in [2.45, 2.75) is 6.54 Å². The van der Waals surface area contributed by atoms with Crippen LogP contribution in [-0.2, 0) is 6.54 Å². The van der Waals surface area contributed by atoms with Crippen LogP contribution in [-0.4, -0.2) is 28.1 Å². The van der Waals surface area contributed by atoms with Crippen molar-refractivity contribution < 1.29 is 4.79 Å². The van der Waals surface area contributed by atoms with Crippen molar-refractivity contribution in [1.82, 2.24) is 15.1 Å². The van der Waals surface area contributed by atoms with Gasteiger partial charge in [0.25, 0.3) is 5.91 Å². The minimum atomic E-state index is -0.0359. The number of anilines is 1. The van der Waals surface area contributed by atoms with Gasteiger partial charge in [0.2, 0.25) is 0 Å². The standard InChI is InChI=1S/C12H14N4O/c1-16(8-9-6-14-15-7-9)12(17)10-2-4-11(13)5-3-10/h2-7H,8,13H2,1H3,(H,14,15). The summed E-state index contributed by atoms with van der Waals surface area (Å²) in [6.07, 6.45) is 3.47. The number of rotatable bonds is 3. The lowest BCUT2D eigenvalue weighted by Crippen LogP contribution is -2.25. The molecule has 2 rings (SSSR count). The van der Waals surface area contributed by atoms with Crippen LogP contribution in [0.25, 0.3) is 0 Å². The third-order valence-corrected chi connectivity index (χ3v) is 2.48. The van der Waals surface area contributed by atoms with Gasteiger partial charge in [-0.1, -0.05) is 0 Å². The highest BCUT2D eigenvalue weighted by molar-refractivity contribution is 5.94. The molecule has 0 saturated carbocycles. The molecule has 0 saturated heterocycles. The van der Waals surface area contributed by atoms with Gasteiger partial charge in [-0.2, -0.15) is 5.10 Å². The first kappa shape index (κ1) is 11.2. The molecule has 0 spiro atoms. The van der Waals surface area contributed by atoms with E-state index in [0.29, 0.717) is 17.8 Å². The maximum atomic E-state index is 12.0. The number of carbonyl (C=O) groups is 1. The van der Waals surface area contributed by atoms with E-state index < -0.39 is 0 Å². The first-order valence-corrected chi connectivity index (χ1v) is 5.25. The molecule has 0 aliphatic heterocycles. The first-order chi connectivity index (χ1) is 8.16. The van der Waals surface area contributed by atoms with Crippen LogP contribution in [0, 0.1) is 0 Å². The second-order valence-corrected chi connectivity index (χ2v) is 3.89. The molecule has 0 unspecified atom stereocenters.